The lowest BCUT2D eigenvalue weighted by Gasteiger charge is -2.28. The summed E-state index contributed by atoms with van der Waals surface area (Å²) in [6.07, 6.45) is 3.73. The summed E-state index contributed by atoms with van der Waals surface area (Å²) >= 11 is 1.96. The molecule has 2 unspecified atom stereocenters. The van der Waals surface area contributed by atoms with E-state index in [0.717, 1.165) is 56.3 Å². The zero-order chi connectivity index (χ0) is 15.4. The molecular weight excluding hydrogens is 296 g/mol. The summed E-state index contributed by atoms with van der Waals surface area (Å²) < 4.78 is 0. The summed E-state index contributed by atoms with van der Waals surface area (Å²) in [5.41, 5.74) is 0.801. The first-order valence-corrected chi connectivity index (χ1v) is 9.11. The molecule has 0 aliphatic carbocycles. The standard InChI is InChI=1S/C16H24N4OS/c1-12-10-13(4-9-22-12)16(21)19-14-2-3-15(18-11-14)20-7-5-17-6-8-20/h2-3,11-13,17H,4-10H2,1H3,(H,19,21). The Labute approximate surface area is 136 Å². The number of aromatic nitrogens is 1. The number of nitrogens with one attached hydrogen (secondary N) is 2. The molecule has 0 radical (unpaired) electrons. The second-order valence-electron chi connectivity index (χ2n) is 6.03. The molecule has 3 heterocycles. The van der Waals surface area contributed by atoms with Crippen LogP contribution in [0.1, 0.15) is 19.8 Å². The molecule has 0 spiro atoms. The molecule has 0 bridgehead atoms. The monoisotopic (exact) mass is 320 g/mol. The van der Waals surface area contributed by atoms with Gasteiger partial charge in [0, 0.05) is 37.3 Å². The van der Waals surface area contributed by atoms with Gasteiger partial charge in [-0.3, -0.25) is 4.79 Å². The van der Waals surface area contributed by atoms with E-state index in [9.17, 15) is 4.79 Å². The average molecular weight is 320 g/mol. The molecule has 0 saturated carbocycles. The van der Waals surface area contributed by atoms with Gasteiger partial charge in [-0.15, -0.1) is 0 Å². The smallest absolute Gasteiger partial charge is 0.227 e. The van der Waals surface area contributed by atoms with Gasteiger partial charge in [0.25, 0.3) is 0 Å². The summed E-state index contributed by atoms with van der Waals surface area (Å²) in [7, 11) is 0. The van der Waals surface area contributed by atoms with Gasteiger partial charge in [-0.25, -0.2) is 4.98 Å². The fraction of sp³-hybridized carbons (Fsp3) is 0.625. The number of pyridine rings is 1. The fourth-order valence-electron chi connectivity index (χ4n) is 3.02. The highest BCUT2D eigenvalue weighted by molar-refractivity contribution is 7.99. The molecule has 6 heteroatoms. The third-order valence-corrected chi connectivity index (χ3v) is 5.55. The van der Waals surface area contributed by atoms with E-state index in [2.05, 4.69) is 27.4 Å². The van der Waals surface area contributed by atoms with E-state index in [1.807, 2.05) is 23.9 Å². The van der Waals surface area contributed by atoms with Crippen LogP contribution in [0.15, 0.2) is 18.3 Å². The molecule has 1 aromatic heterocycles. The van der Waals surface area contributed by atoms with Crippen molar-refractivity contribution in [3.8, 4) is 0 Å². The van der Waals surface area contributed by atoms with Crippen LogP contribution in [0.2, 0.25) is 0 Å². The van der Waals surface area contributed by atoms with Crippen LogP contribution < -0.4 is 15.5 Å². The minimum Gasteiger partial charge on any atom is -0.354 e. The second kappa shape index (κ2) is 7.33. The van der Waals surface area contributed by atoms with Crippen LogP contribution in [-0.4, -0.2) is 48.1 Å². The van der Waals surface area contributed by atoms with Gasteiger partial charge in [-0.2, -0.15) is 11.8 Å². The number of carbonyl (C=O) groups is 1. The Morgan fingerprint density at radius 2 is 2.23 bits per heavy atom. The summed E-state index contributed by atoms with van der Waals surface area (Å²) in [5, 5.41) is 6.94. The van der Waals surface area contributed by atoms with Gasteiger partial charge in [0.15, 0.2) is 0 Å². The quantitative estimate of drug-likeness (QED) is 0.892. The van der Waals surface area contributed by atoms with Crippen molar-refractivity contribution in [1.29, 1.82) is 0 Å². The molecule has 0 aromatic carbocycles. The molecule has 1 amide bonds. The van der Waals surface area contributed by atoms with E-state index < -0.39 is 0 Å². The van der Waals surface area contributed by atoms with Crippen molar-refractivity contribution in [1.82, 2.24) is 10.3 Å². The number of hydrogen-bond donors (Lipinski definition) is 2. The van der Waals surface area contributed by atoms with E-state index in [-0.39, 0.29) is 11.8 Å². The Morgan fingerprint density at radius 1 is 1.41 bits per heavy atom. The number of carbonyl (C=O) groups excluding carboxylic acids is 1. The zero-order valence-electron chi connectivity index (χ0n) is 13.0. The van der Waals surface area contributed by atoms with Crippen LogP contribution in [0, 0.1) is 5.92 Å². The predicted octanol–water partition coefficient (Wildman–Crippen LogP) is 1.96. The molecule has 22 heavy (non-hydrogen) atoms. The Kier molecular flexibility index (Phi) is 5.20. The molecule has 3 rings (SSSR count). The van der Waals surface area contributed by atoms with Gasteiger partial charge >= 0.3 is 0 Å². The molecule has 5 nitrogen and oxygen atoms in total. The average Bonchev–Trinajstić information content (AvgIpc) is 2.56. The summed E-state index contributed by atoms with van der Waals surface area (Å²) in [6.45, 7) is 6.16. The largest absolute Gasteiger partial charge is 0.354 e. The maximum atomic E-state index is 12.3. The number of rotatable bonds is 3. The number of nitrogens with zero attached hydrogens (tertiary/aromatic N) is 2. The van der Waals surface area contributed by atoms with E-state index >= 15 is 0 Å². The van der Waals surface area contributed by atoms with Gasteiger partial charge in [-0.05, 0) is 30.7 Å². The maximum Gasteiger partial charge on any atom is 0.227 e. The Morgan fingerprint density at radius 3 is 2.91 bits per heavy atom. The maximum absolute atomic E-state index is 12.3. The number of piperazine rings is 1. The van der Waals surface area contributed by atoms with E-state index in [1.165, 1.54) is 0 Å². The molecule has 2 aliphatic rings. The van der Waals surface area contributed by atoms with Crippen molar-refractivity contribution in [2.24, 2.45) is 5.92 Å². The lowest BCUT2D eigenvalue weighted by Crippen LogP contribution is -2.43. The third-order valence-electron chi connectivity index (χ3n) is 4.31. The van der Waals surface area contributed by atoms with Crippen molar-refractivity contribution in [2.45, 2.75) is 25.0 Å². The molecular formula is C16H24N4OS. The van der Waals surface area contributed by atoms with Crippen LogP contribution in [0.25, 0.3) is 0 Å². The van der Waals surface area contributed by atoms with Crippen LogP contribution in [-0.2, 0) is 4.79 Å². The van der Waals surface area contributed by atoms with E-state index in [4.69, 9.17) is 0 Å². The first kappa shape index (κ1) is 15.6. The number of amides is 1. The zero-order valence-corrected chi connectivity index (χ0v) is 13.9. The van der Waals surface area contributed by atoms with Gasteiger partial charge in [0.05, 0.1) is 11.9 Å². The minimum absolute atomic E-state index is 0.142. The topological polar surface area (TPSA) is 57.3 Å². The van der Waals surface area contributed by atoms with Gasteiger partial charge in [0.2, 0.25) is 5.91 Å². The first-order chi connectivity index (χ1) is 10.7. The van der Waals surface area contributed by atoms with Crippen LogP contribution >= 0.6 is 11.8 Å². The Balaban J connectivity index is 1.57. The summed E-state index contributed by atoms with van der Waals surface area (Å²) in [6, 6.07) is 3.96. The fourth-order valence-corrected chi connectivity index (χ4v) is 4.21. The molecule has 120 valence electrons. The van der Waals surface area contributed by atoms with Crippen LogP contribution in [0.3, 0.4) is 0 Å². The highest BCUT2D eigenvalue weighted by atomic mass is 32.2. The molecule has 2 saturated heterocycles. The lowest BCUT2D eigenvalue weighted by atomic mass is 9.99. The summed E-state index contributed by atoms with van der Waals surface area (Å²) in [5.74, 6) is 2.36. The van der Waals surface area contributed by atoms with Crippen molar-refractivity contribution >= 4 is 29.2 Å². The number of thioether (sulfide) groups is 1. The Hall–Kier alpha value is -1.27. The predicted molar refractivity (Wildman–Crippen MR) is 92.6 cm³/mol. The normalized spacial score (nSPS) is 25.8. The van der Waals surface area contributed by atoms with Crippen LogP contribution in [0.5, 0.6) is 0 Å². The molecule has 1 aromatic rings. The van der Waals surface area contributed by atoms with Crippen LogP contribution in [0.4, 0.5) is 11.5 Å². The van der Waals surface area contributed by atoms with Crippen molar-refractivity contribution in [2.75, 3.05) is 42.1 Å². The number of hydrogen-bond acceptors (Lipinski definition) is 5. The highest BCUT2D eigenvalue weighted by Gasteiger charge is 2.25. The van der Waals surface area contributed by atoms with Crippen molar-refractivity contribution in [3.63, 3.8) is 0 Å². The van der Waals surface area contributed by atoms with Gasteiger partial charge < -0.3 is 15.5 Å². The van der Waals surface area contributed by atoms with E-state index in [1.54, 1.807) is 6.20 Å². The van der Waals surface area contributed by atoms with Crippen molar-refractivity contribution in [3.05, 3.63) is 18.3 Å². The lowest BCUT2D eigenvalue weighted by molar-refractivity contribution is -0.120. The molecule has 2 aliphatic heterocycles. The van der Waals surface area contributed by atoms with Crippen molar-refractivity contribution < 1.29 is 4.79 Å². The molecule has 2 fully saturated rings. The van der Waals surface area contributed by atoms with Gasteiger partial charge in [-0.1, -0.05) is 6.92 Å². The third kappa shape index (κ3) is 3.93. The Bertz CT molecular complexity index is 501. The summed E-state index contributed by atoms with van der Waals surface area (Å²) in [4.78, 5) is 19.1. The van der Waals surface area contributed by atoms with E-state index in [0.29, 0.717) is 5.25 Å². The second-order valence-corrected chi connectivity index (χ2v) is 7.58. The number of anilines is 2. The minimum atomic E-state index is 0.142. The first-order valence-electron chi connectivity index (χ1n) is 8.06. The molecule has 2 atom stereocenters. The SMILES string of the molecule is CC1CC(C(=O)Nc2ccc(N3CCNCC3)nc2)CCS1. The highest BCUT2D eigenvalue weighted by Crippen LogP contribution is 2.30. The van der Waals surface area contributed by atoms with Gasteiger partial charge in [0.1, 0.15) is 5.82 Å². The molecule has 2 N–H and O–H groups in total.